The van der Waals surface area contributed by atoms with Crippen LogP contribution in [0.4, 0.5) is 10.5 Å². The van der Waals surface area contributed by atoms with Gasteiger partial charge < -0.3 is 15.4 Å². The monoisotopic (exact) mass is 305 g/mol. The summed E-state index contributed by atoms with van der Waals surface area (Å²) in [4.78, 5) is 36.8. The summed E-state index contributed by atoms with van der Waals surface area (Å²) in [6.45, 7) is 5.15. The number of ether oxygens (including phenoxy) is 1. The van der Waals surface area contributed by atoms with E-state index in [1.807, 2.05) is 6.92 Å². The molecule has 118 valence electrons. The van der Waals surface area contributed by atoms with Crippen molar-refractivity contribution in [2.75, 3.05) is 18.5 Å². The minimum atomic E-state index is -0.986. The normalized spacial score (nSPS) is 16.4. The highest BCUT2D eigenvalue weighted by Crippen LogP contribution is 2.24. The molecule has 0 saturated carbocycles. The lowest BCUT2D eigenvalue weighted by molar-refractivity contribution is -0.132. The maximum absolute atomic E-state index is 12.1. The van der Waals surface area contributed by atoms with E-state index in [4.69, 9.17) is 4.74 Å². The van der Waals surface area contributed by atoms with Crippen molar-refractivity contribution in [3.05, 3.63) is 24.3 Å². The van der Waals surface area contributed by atoms with E-state index in [-0.39, 0.29) is 6.54 Å². The molecule has 1 heterocycles. The van der Waals surface area contributed by atoms with Crippen LogP contribution in [-0.2, 0) is 9.59 Å². The molecular formula is C15H19N3O4. The second-order valence-electron chi connectivity index (χ2n) is 5.42. The summed E-state index contributed by atoms with van der Waals surface area (Å²) in [5.74, 6) is -0.352. The van der Waals surface area contributed by atoms with Gasteiger partial charge >= 0.3 is 6.03 Å². The second-order valence-corrected chi connectivity index (χ2v) is 5.42. The first-order chi connectivity index (χ1) is 10.3. The van der Waals surface area contributed by atoms with Crippen LogP contribution in [0.1, 0.15) is 20.8 Å². The Bertz CT molecular complexity index is 613. The topological polar surface area (TPSA) is 87.7 Å². The maximum atomic E-state index is 12.1. The molecule has 0 spiro atoms. The van der Waals surface area contributed by atoms with Crippen molar-refractivity contribution in [2.24, 2.45) is 0 Å². The van der Waals surface area contributed by atoms with Gasteiger partial charge in [0, 0.05) is 0 Å². The van der Waals surface area contributed by atoms with E-state index in [9.17, 15) is 14.4 Å². The van der Waals surface area contributed by atoms with Crippen LogP contribution < -0.4 is 15.4 Å². The first kappa shape index (κ1) is 15.8. The van der Waals surface area contributed by atoms with Crippen LogP contribution in [0.25, 0.3) is 0 Å². The molecule has 0 radical (unpaired) electrons. The Morgan fingerprint density at radius 1 is 1.32 bits per heavy atom. The lowest BCUT2D eigenvalue weighted by atomic mass is 10.1. The summed E-state index contributed by atoms with van der Waals surface area (Å²) >= 11 is 0. The number of benzene rings is 1. The van der Waals surface area contributed by atoms with Gasteiger partial charge in [-0.25, -0.2) is 4.79 Å². The van der Waals surface area contributed by atoms with Gasteiger partial charge in [0.15, 0.2) is 0 Å². The average Bonchev–Trinajstić information content (AvgIpc) is 2.63. The van der Waals surface area contributed by atoms with Crippen molar-refractivity contribution in [1.29, 1.82) is 0 Å². The van der Waals surface area contributed by atoms with Crippen molar-refractivity contribution >= 4 is 23.5 Å². The van der Waals surface area contributed by atoms with Crippen LogP contribution in [-0.4, -0.2) is 41.4 Å². The van der Waals surface area contributed by atoms with Gasteiger partial charge in [0.25, 0.3) is 5.91 Å². The summed E-state index contributed by atoms with van der Waals surface area (Å²) in [5.41, 5.74) is -0.485. The Labute approximate surface area is 128 Å². The minimum absolute atomic E-state index is 0.339. The fourth-order valence-corrected chi connectivity index (χ4v) is 2.15. The quantitative estimate of drug-likeness (QED) is 0.804. The van der Waals surface area contributed by atoms with Gasteiger partial charge in [-0.2, -0.15) is 0 Å². The van der Waals surface area contributed by atoms with E-state index < -0.39 is 23.4 Å². The smallest absolute Gasteiger partial charge is 0.325 e. The van der Waals surface area contributed by atoms with Crippen molar-refractivity contribution in [3.8, 4) is 5.75 Å². The highest BCUT2D eigenvalue weighted by atomic mass is 16.5. The number of carbonyl (C=O) groups excluding carboxylic acids is 3. The third-order valence-electron chi connectivity index (χ3n) is 3.21. The number of hydrogen-bond donors (Lipinski definition) is 2. The number of hydrogen-bond acceptors (Lipinski definition) is 4. The summed E-state index contributed by atoms with van der Waals surface area (Å²) in [5, 5.41) is 5.18. The molecule has 7 nitrogen and oxygen atoms in total. The van der Waals surface area contributed by atoms with Gasteiger partial charge in [-0.3, -0.25) is 14.5 Å². The molecule has 1 aromatic carbocycles. The van der Waals surface area contributed by atoms with Gasteiger partial charge in [0.05, 0.1) is 12.3 Å². The van der Waals surface area contributed by atoms with Gasteiger partial charge in [0.1, 0.15) is 17.8 Å². The number of amides is 4. The molecule has 22 heavy (non-hydrogen) atoms. The molecule has 1 aliphatic heterocycles. The Hall–Kier alpha value is -2.57. The number of nitrogens with zero attached hydrogens (tertiary/aromatic N) is 1. The molecule has 1 aromatic rings. The number of nitrogens with one attached hydrogen (secondary N) is 2. The third kappa shape index (κ3) is 3.19. The molecule has 7 heteroatoms. The van der Waals surface area contributed by atoms with Crippen LogP contribution in [0, 0.1) is 0 Å². The molecular weight excluding hydrogens is 286 g/mol. The number of rotatable bonds is 5. The van der Waals surface area contributed by atoms with Crippen molar-refractivity contribution in [2.45, 2.75) is 26.3 Å². The van der Waals surface area contributed by atoms with E-state index in [1.54, 1.807) is 38.1 Å². The summed E-state index contributed by atoms with van der Waals surface area (Å²) in [6, 6.07) is 6.41. The summed E-state index contributed by atoms with van der Waals surface area (Å²) in [7, 11) is 0. The molecule has 4 amide bonds. The standard InChI is InChI=1S/C15H19N3O4/c1-4-22-11-8-6-5-7-10(11)16-12(19)9-18-13(20)15(2,3)17-14(18)21/h5-8H,4,9H2,1-3H3,(H,16,19)(H,17,21). The zero-order valence-electron chi connectivity index (χ0n) is 12.8. The highest BCUT2D eigenvalue weighted by molar-refractivity contribution is 6.09. The fourth-order valence-electron chi connectivity index (χ4n) is 2.15. The number of para-hydroxylation sites is 2. The molecule has 1 saturated heterocycles. The molecule has 2 N–H and O–H groups in total. The Kier molecular flexibility index (Phi) is 4.35. The largest absolute Gasteiger partial charge is 0.492 e. The van der Waals surface area contributed by atoms with Crippen LogP contribution >= 0.6 is 0 Å². The van der Waals surface area contributed by atoms with Gasteiger partial charge in [-0.05, 0) is 32.9 Å². The summed E-state index contributed by atoms with van der Waals surface area (Å²) in [6.07, 6.45) is 0. The van der Waals surface area contributed by atoms with E-state index in [0.717, 1.165) is 4.90 Å². The number of carbonyl (C=O) groups is 3. The van der Waals surface area contributed by atoms with E-state index in [0.29, 0.717) is 18.0 Å². The van der Waals surface area contributed by atoms with Gasteiger partial charge in [0.2, 0.25) is 5.91 Å². The molecule has 2 rings (SSSR count). The lowest BCUT2D eigenvalue weighted by Crippen LogP contribution is -2.41. The molecule has 1 fully saturated rings. The van der Waals surface area contributed by atoms with E-state index in [2.05, 4.69) is 10.6 Å². The number of imide groups is 1. The lowest BCUT2D eigenvalue weighted by Gasteiger charge is -2.16. The molecule has 0 atom stereocenters. The van der Waals surface area contributed by atoms with Crippen LogP contribution in [0.5, 0.6) is 5.75 Å². The predicted molar refractivity (Wildman–Crippen MR) is 80.6 cm³/mol. The van der Waals surface area contributed by atoms with Gasteiger partial charge in [-0.15, -0.1) is 0 Å². The highest BCUT2D eigenvalue weighted by Gasteiger charge is 2.44. The van der Waals surface area contributed by atoms with Crippen LogP contribution in [0.3, 0.4) is 0 Å². The number of urea groups is 1. The van der Waals surface area contributed by atoms with Crippen LogP contribution in [0.15, 0.2) is 24.3 Å². The van der Waals surface area contributed by atoms with E-state index >= 15 is 0 Å². The van der Waals surface area contributed by atoms with Crippen molar-refractivity contribution in [3.63, 3.8) is 0 Å². The first-order valence-corrected chi connectivity index (χ1v) is 7.01. The molecule has 0 bridgehead atoms. The zero-order valence-corrected chi connectivity index (χ0v) is 12.8. The molecule has 0 aliphatic carbocycles. The number of anilines is 1. The molecule has 0 aromatic heterocycles. The summed E-state index contributed by atoms with van der Waals surface area (Å²) < 4.78 is 5.41. The first-order valence-electron chi connectivity index (χ1n) is 7.01. The van der Waals surface area contributed by atoms with Crippen molar-refractivity contribution in [1.82, 2.24) is 10.2 Å². The predicted octanol–water partition coefficient (Wildman–Crippen LogP) is 1.35. The molecule has 0 unspecified atom stereocenters. The van der Waals surface area contributed by atoms with Crippen LogP contribution in [0.2, 0.25) is 0 Å². The Morgan fingerprint density at radius 3 is 2.59 bits per heavy atom. The Balaban J connectivity index is 2.05. The maximum Gasteiger partial charge on any atom is 0.325 e. The van der Waals surface area contributed by atoms with Crippen molar-refractivity contribution < 1.29 is 19.1 Å². The van der Waals surface area contributed by atoms with E-state index in [1.165, 1.54) is 0 Å². The minimum Gasteiger partial charge on any atom is -0.492 e. The fraction of sp³-hybridized carbons (Fsp3) is 0.400. The SMILES string of the molecule is CCOc1ccccc1NC(=O)CN1C(=O)NC(C)(C)C1=O. The molecule has 1 aliphatic rings. The third-order valence-corrected chi connectivity index (χ3v) is 3.21. The average molecular weight is 305 g/mol. The Morgan fingerprint density at radius 2 is 2.00 bits per heavy atom. The second kappa shape index (κ2) is 6.05. The zero-order chi connectivity index (χ0) is 16.3. The van der Waals surface area contributed by atoms with Gasteiger partial charge in [-0.1, -0.05) is 12.1 Å².